The highest BCUT2D eigenvalue weighted by Gasteiger charge is 2.25. The zero-order chi connectivity index (χ0) is 14.3. The molecule has 2 N–H and O–H groups in total. The molecule has 104 valence electrons. The maximum absolute atomic E-state index is 13.5. The molecular formula is C14H13FN2O3. The molecule has 0 saturated heterocycles. The predicted octanol–water partition coefficient (Wildman–Crippen LogP) is 1.11. The zero-order valence-corrected chi connectivity index (χ0v) is 10.6. The van der Waals surface area contributed by atoms with Crippen molar-refractivity contribution in [2.45, 2.75) is 25.3 Å². The number of fused-ring (bicyclic) bond motifs is 1. The first-order valence-corrected chi connectivity index (χ1v) is 6.38. The Morgan fingerprint density at radius 3 is 2.70 bits per heavy atom. The first-order chi connectivity index (χ1) is 9.58. The van der Waals surface area contributed by atoms with Crippen LogP contribution in [0.1, 0.15) is 23.6 Å². The van der Waals surface area contributed by atoms with Crippen LogP contribution >= 0.6 is 0 Å². The lowest BCUT2D eigenvalue weighted by Crippen LogP contribution is -2.36. The number of nitrogens with one attached hydrogen (secondary N) is 1. The molecule has 6 heteroatoms. The van der Waals surface area contributed by atoms with Crippen LogP contribution in [0.4, 0.5) is 4.39 Å². The molecule has 0 amide bonds. The van der Waals surface area contributed by atoms with Gasteiger partial charge in [0.15, 0.2) is 0 Å². The molecule has 5 nitrogen and oxygen atoms in total. The van der Waals surface area contributed by atoms with Crippen molar-refractivity contribution < 1.29 is 9.50 Å². The van der Waals surface area contributed by atoms with Crippen molar-refractivity contribution in [3.63, 3.8) is 0 Å². The van der Waals surface area contributed by atoms with E-state index in [9.17, 15) is 19.1 Å². The van der Waals surface area contributed by atoms with Gasteiger partial charge >= 0.3 is 5.69 Å². The summed E-state index contributed by atoms with van der Waals surface area (Å²) >= 11 is 0. The van der Waals surface area contributed by atoms with Crippen molar-refractivity contribution in [1.29, 1.82) is 0 Å². The number of hydrogen-bond acceptors (Lipinski definition) is 3. The van der Waals surface area contributed by atoms with Gasteiger partial charge in [-0.15, -0.1) is 0 Å². The highest BCUT2D eigenvalue weighted by atomic mass is 19.1. The van der Waals surface area contributed by atoms with Crippen LogP contribution in [0.2, 0.25) is 0 Å². The van der Waals surface area contributed by atoms with Crippen molar-refractivity contribution in [3.8, 4) is 5.88 Å². The third-order valence-corrected chi connectivity index (χ3v) is 3.75. The normalized spacial score (nSPS) is 17.8. The van der Waals surface area contributed by atoms with E-state index in [2.05, 4.69) is 0 Å². The van der Waals surface area contributed by atoms with Crippen LogP contribution in [0.3, 0.4) is 0 Å². The molecule has 1 aromatic carbocycles. The number of hydrogen-bond donors (Lipinski definition) is 2. The number of halogens is 1. The summed E-state index contributed by atoms with van der Waals surface area (Å²) in [5.41, 5.74) is 0.293. The van der Waals surface area contributed by atoms with Crippen LogP contribution in [0.25, 0.3) is 0 Å². The molecule has 0 fully saturated rings. The Balaban J connectivity index is 2.07. The molecule has 0 radical (unpaired) electrons. The minimum absolute atomic E-state index is 0.358. The smallest absolute Gasteiger partial charge is 0.331 e. The first-order valence-electron chi connectivity index (χ1n) is 6.38. The van der Waals surface area contributed by atoms with Gasteiger partial charge in [-0.3, -0.25) is 14.3 Å². The minimum atomic E-state index is -1.32. The second-order valence-corrected chi connectivity index (χ2v) is 4.93. The first kappa shape index (κ1) is 12.7. The number of rotatable bonds is 1. The molecule has 1 heterocycles. The summed E-state index contributed by atoms with van der Waals surface area (Å²) in [6, 6.07) is 7.45. The average molecular weight is 276 g/mol. The molecule has 1 unspecified atom stereocenters. The molecule has 0 spiro atoms. The highest BCUT2D eigenvalue weighted by molar-refractivity contribution is 5.30. The number of aromatic hydroxyl groups is 1. The van der Waals surface area contributed by atoms with Crippen molar-refractivity contribution in [1.82, 2.24) is 9.55 Å². The molecule has 2 aromatic rings. The molecule has 1 aromatic heterocycles. The summed E-state index contributed by atoms with van der Waals surface area (Å²) in [5, 5.41) is 9.73. The summed E-state index contributed by atoms with van der Waals surface area (Å²) in [4.78, 5) is 24.8. The standard InChI is InChI=1S/C14H13FN2O3/c15-11-12(18)16-14(20)17(13(11)19)10-6-5-8-3-1-2-4-9(8)7-10/h1-4,10,19H,5-7H2,(H,16,18,20). The Kier molecular flexibility index (Phi) is 2.93. The van der Waals surface area contributed by atoms with Crippen LogP contribution in [0.5, 0.6) is 5.88 Å². The fraction of sp³-hybridized carbons (Fsp3) is 0.286. The Morgan fingerprint density at radius 2 is 1.95 bits per heavy atom. The maximum Gasteiger partial charge on any atom is 0.331 e. The molecular weight excluding hydrogens is 263 g/mol. The number of nitrogens with zero attached hydrogens (tertiary/aromatic N) is 1. The van der Waals surface area contributed by atoms with Crippen molar-refractivity contribution >= 4 is 0 Å². The summed E-state index contributed by atoms with van der Waals surface area (Å²) in [5.74, 6) is -2.20. The van der Waals surface area contributed by atoms with E-state index in [0.29, 0.717) is 12.8 Å². The van der Waals surface area contributed by atoms with E-state index in [0.717, 1.165) is 16.6 Å². The summed E-state index contributed by atoms with van der Waals surface area (Å²) in [6.07, 6.45) is 1.87. The molecule has 0 aliphatic heterocycles. The predicted molar refractivity (Wildman–Crippen MR) is 70.4 cm³/mol. The third kappa shape index (κ3) is 1.93. The maximum atomic E-state index is 13.5. The molecule has 1 aliphatic rings. The number of aromatic nitrogens is 2. The summed E-state index contributed by atoms with van der Waals surface area (Å²) in [6.45, 7) is 0. The van der Waals surface area contributed by atoms with Crippen molar-refractivity contribution in [3.05, 3.63) is 62.0 Å². The zero-order valence-electron chi connectivity index (χ0n) is 10.6. The lowest BCUT2D eigenvalue weighted by Gasteiger charge is -2.26. The van der Waals surface area contributed by atoms with E-state index in [1.807, 2.05) is 29.2 Å². The number of aromatic amines is 1. The van der Waals surface area contributed by atoms with Gasteiger partial charge in [-0.25, -0.2) is 4.79 Å². The van der Waals surface area contributed by atoms with Crippen LogP contribution in [-0.2, 0) is 12.8 Å². The number of aryl methyl sites for hydroxylation is 1. The Labute approximate surface area is 113 Å². The molecule has 3 rings (SSSR count). The van der Waals surface area contributed by atoms with E-state index in [1.54, 1.807) is 0 Å². The molecule has 0 bridgehead atoms. The quantitative estimate of drug-likeness (QED) is 0.819. The van der Waals surface area contributed by atoms with Gasteiger partial charge in [0.2, 0.25) is 11.7 Å². The van der Waals surface area contributed by atoms with Gasteiger partial charge < -0.3 is 5.11 Å². The molecule has 0 saturated carbocycles. The highest BCUT2D eigenvalue weighted by Crippen LogP contribution is 2.30. The largest absolute Gasteiger partial charge is 0.492 e. The summed E-state index contributed by atoms with van der Waals surface area (Å²) < 4.78 is 14.4. The van der Waals surface area contributed by atoms with Crippen LogP contribution in [0.15, 0.2) is 33.9 Å². The third-order valence-electron chi connectivity index (χ3n) is 3.75. The molecule has 1 aliphatic carbocycles. The Hall–Kier alpha value is -2.37. The van der Waals surface area contributed by atoms with Gasteiger partial charge in [0.1, 0.15) is 0 Å². The van der Waals surface area contributed by atoms with Gasteiger partial charge in [-0.1, -0.05) is 24.3 Å². The second-order valence-electron chi connectivity index (χ2n) is 4.93. The van der Waals surface area contributed by atoms with Gasteiger partial charge in [-0.2, -0.15) is 4.39 Å². The van der Waals surface area contributed by atoms with Crippen LogP contribution in [0, 0.1) is 5.82 Å². The monoisotopic (exact) mass is 276 g/mol. The lowest BCUT2D eigenvalue weighted by molar-refractivity contribution is 0.315. The fourth-order valence-corrected chi connectivity index (χ4v) is 2.75. The van der Waals surface area contributed by atoms with Crippen molar-refractivity contribution in [2.24, 2.45) is 0 Å². The fourth-order valence-electron chi connectivity index (χ4n) is 2.75. The molecule has 20 heavy (non-hydrogen) atoms. The van der Waals surface area contributed by atoms with Gasteiger partial charge in [0, 0.05) is 6.04 Å². The Morgan fingerprint density at radius 1 is 1.25 bits per heavy atom. The van der Waals surface area contributed by atoms with E-state index < -0.39 is 22.9 Å². The number of benzene rings is 1. The van der Waals surface area contributed by atoms with E-state index >= 15 is 0 Å². The van der Waals surface area contributed by atoms with Crippen LogP contribution in [-0.4, -0.2) is 14.7 Å². The average Bonchev–Trinajstić information content (AvgIpc) is 2.45. The lowest BCUT2D eigenvalue weighted by atomic mass is 9.88. The Bertz CT molecular complexity index is 779. The van der Waals surface area contributed by atoms with Gasteiger partial charge in [0.05, 0.1) is 0 Å². The SMILES string of the molecule is O=c1[nH]c(=O)n(C2CCc3ccccc3C2)c(O)c1F. The summed E-state index contributed by atoms with van der Waals surface area (Å²) in [7, 11) is 0. The van der Waals surface area contributed by atoms with Gasteiger partial charge in [-0.05, 0) is 30.4 Å². The minimum Gasteiger partial charge on any atom is -0.492 e. The van der Waals surface area contributed by atoms with E-state index in [4.69, 9.17) is 0 Å². The number of H-pyrrole nitrogens is 1. The van der Waals surface area contributed by atoms with Crippen molar-refractivity contribution in [2.75, 3.05) is 0 Å². The second kappa shape index (κ2) is 4.63. The topological polar surface area (TPSA) is 75.1 Å². The van der Waals surface area contributed by atoms with Gasteiger partial charge in [0.25, 0.3) is 5.56 Å². The van der Waals surface area contributed by atoms with E-state index in [1.165, 1.54) is 5.56 Å². The van der Waals surface area contributed by atoms with E-state index in [-0.39, 0.29) is 6.04 Å². The molecule has 1 atom stereocenters. The van der Waals surface area contributed by atoms with Crippen LogP contribution < -0.4 is 11.2 Å².